The lowest BCUT2D eigenvalue weighted by molar-refractivity contribution is 0.172. The highest BCUT2D eigenvalue weighted by Gasteiger charge is 2.18. The third-order valence-corrected chi connectivity index (χ3v) is 3.24. The molecule has 118 valence electrons. The first-order valence-corrected chi connectivity index (χ1v) is 7.05. The molecule has 2 rings (SSSR count). The van der Waals surface area contributed by atoms with Crippen molar-refractivity contribution in [2.45, 2.75) is 19.9 Å². The van der Waals surface area contributed by atoms with E-state index >= 15 is 0 Å². The van der Waals surface area contributed by atoms with E-state index in [0.29, 0.717) is 11.3 Å². The summed E-state index contributed by atoms with van der Waals surface area (Å²) in [7, 11) is 0. The Morgan fingerprint density at radius 2 is 2.18 bits per heavy atom. The van der Waals surface area contributed by atoms with E-state index in [1.165, 1.54) is 23.3 Å². The van der Waals surface area contributed by atoms with Crippen molar-refractivity contribution in [1.29, 1.82) is 0 Å². The van der Waals surface area contributed by atoms with Crippen LogP contribution in [-0.4, -0.2) is 35.2 Å². The lowest BCUT2D eigenvalue weighted by atomic mass is 10.1. The Kier molecular flexibility index (Phi) is 5.16. The van der Waals surface area contributed by atoms with Gasteiger partial charge in [0.25, 0.3) is 0 Å². The summed E-state index contributed by atoms with van der Waals surface area (Å²) in [6.45, 7) is 3.68. The summed E-state index contributed by atoms with van der Waals surface area (Å²) in [5, 5.41) is 11.6. The number of carbonyl (C=O) groups is 1. The topological polar surface area (TPSA) is 65.7 Å². The van der Waals surface area contributed by atoms with Gasteiger partial charge in [-0.3, -0.25) is 0 Å². The minimum atomic E-state index is -0.531. The smallest absolute Gasteiger partial charge is 0.322 e. The first-order valence-electron chi connectivity index (χ1n) is 7.05. The number of urea groups is 1. The molecule has 0 bridgehead atoms. The largest absolute Gasteiger partial charge is 0.464 e. The van der Waals surface area contributed by atoms with Crippen molar-refractivity contribution in [3.63, 3.8) is 0 Å². The summed E-state index contributed by atoms with van der Waals surface area (Å²) >= 11 is 0. The quantitative estimate of drug-likeness (QED) is 0.890. The fourth-order valence-electron chi connectivity index (χ4n) is 2.11. The molecule has 5 nitrogen and oxygen atoms in total. The fraction of sp³-hybridized carbons (Fsp3) is 0.312. The lowest BCUT2D eigenvalue weighted by Crippen LogP contribution is -2.41. The molecular formula is C16H19FN2O3. The number of hydrogen-bond donors (Lipinski definition) is 2. The monoisotopic (exact) mass is 306 g/mol. The number of furan rings is 1. The van der Waals surface area contributed by atoms with Gasteiger partial charge in [-0.05, 0) is 44.2 Å². The number of nitrogens with zero attached hydrogens (tertiary/aromatic N) is 1. The fourth-order valence-corrected chi connectivity index (χ4v) is 2.11. The molecule has 2 amide bonds. The van der Waals surface area contributed by atoms with Gasteiger partial charge in [-0.15, -0.1) is 0 Å². The third kappa shape index (κ3) is 3.65. The molecule has 0 saturated heterocycles. The highest BCUT2D eigenvalue weighted by molar-refractivity contribution is 5.90. The molecule has 22 heavy (non-hydrogen) atoms. The maximum Gasteiger partial charge on any atom is 0.322 e. The molecule has 1 heterocycles. The van der Waals surface area contributed by atoms with Crippen molar-refractivity contribution >= 4 is 11.7 Å². The number of halogens is 1. The molecule has 0 aliphatic heterocycles. The van der Waals surface area contributed by atoms with Gasteiger partial charge in [0.05, 0.1) is 18.6 Å². The van der Waals surface area contributed by atoms with Gasteiger partial charge in [-0.2, -0.15) is 0 Å². The molecule has 0 atom stereocenters. The minimum absolute atomic E-state index is 0.0717. The molecule has 6 heteroatoms. The van der Waals surface area contributed by atoms with Crippen molar-refractivity contribution in [1.82, 2.24) is 4.90 Å². The van der Waals surface area contributed by atoms with Crippen LogP contribution in [0.5, 0.6) is 0 Å². The van der Waals surface area contributed by atoms with E-state index < -0.39 is 11.8 Å². The van der Waals surface area contributed by atoms with Crippen LogP contribution in [0.15, 0.2) is 41.0 Å². The lowest BCUT2D eigenvalue weighted by Gasteiger charge is -2.26. The van der Waals surface area contributed by atoms with Gasteiger partial charge < -0.3 is 19.7 Å². The predicted molar refractivity (Wildman–Crippen MR) is 82.0 cm³/mol. The van der Waals surface area contributed by atoms with Crippen molar-refractivity contribution in [3.05, 3.63) is 42.4 Å². The molecule has 0 saturated carbocycles. The van der Waals surface area contributed by atoms with E-state index in [-0.39, 0.29) is 24.9 Å². The van der Waals surface area contributed by atoms with Crippen LogP contribution < -0.4 is 5.32 Å². The summed E-state index contributed by atoms with van der Waals surface area (Å²) in [4.78, 5) is 13.6. The number of aliphatic hydroxyl groups excluding tert-OH is 1. The van der Waals surface area contributed by atoms with Crippen LogP contribution in [0.2, 0.25) is 0 Å². The van der Waals surface area contributed by atoms with Crippen molar-refractivity contribution in [3.8, 4) is 11.3 Å². The van der Waals surface area contributed by atoms with E-state index in [1.54, 1.807) is 18.2 Å². The second-order valence-electron chi connectivity index (χ2n) is 5.11. The van der Waals surface area contributed by atoms with Crippen molar-refractivity contribution in [2.24, 2.45) is 0 Å². The number of benzene rings is 1. The molecule has 2 aromatic rings. The van der Waals surface area contributed by atoms with Crippen LogP contribution in [0.1, 0.15) is 13.8 Å². The zero-order valence-electron chi connectivity index (χ0n) is 12.5. The van der Waals surface area contributed by atoms with Crippen molar-refractivity contribution in [2.75, 3.05) is 18.5 Å². The molecule has 0 spiro atoms. The van der Waals surface area contributed by atoms with Gasteiger partial charge in [-0.1, -0.05) is 0 Å². The second-order valence-corrected chi connectivity index (χ2v) is 5.11. The molecule has 0 radical (unpaired) electrons. The third-order valence-electron chi connectivity index (χ3n) is 3.24. The first kappa shape index (κ1) is 16.0. The van der Waals surface area contributed by atoms with E-state index in [2.05, 4.69) is 5.32 Å². The Morgan fingerprint density at radius 3 is 2.77 bits per heavy atom. The van der Waals surface area contributed by atoms with Crippen LogP contribution in [0.25, 0.3) is 11.3 Å². The molecule has 0 unspecified atom stereocenters. The highest BCUT2D eigenvalue weighted by atomic mass is 19.1. The van der Waals surface area contributed by atoms with Crippen LogP contribution in [0.3, 0.4) is 0 Å². The van der Waals surface area contributed by atoms with Crippen LogP contribution in [0.4, 0.5) is 14.9 Å². The summed E-state index contributed by atoms with van der Waals surface area (Å²) < 4.78 is 19.2. The van der Waals surface area contributed by atoms with E-state index in [4.69, 9.17) is 9.52 Å². The van der Waals surface area contributed by atoms with Crippen LogP contribution in [-0.2, 0) is 0 Å². The average molecular weight is 306 g/mol. The number of rotatable bonds is 5. The van der Waals surface area contributed by atoms with E-state index in [0.717, 1.165) is 0 Å². The van der Waals surface area contributed by atoms with Gasteiger partial charge >= 0.3 is 6.03 Å². The van der Waals surface area contributed by atoms with Gasteiger partial charge in [0.1, 0.15) is 11.6 Å². The number of carbonyl (C=O) groups excluding carboxylic acids is 1. The number of anilines is 1. The Labute approximate surface area is 128 Å². The average Bonchev–Trinajstić information content (AvgIpc) is 3.00. The number of amides is 2. The standard InChI is InChI=1S/C16H19FN2O3/c1-11(2)19(7-8-20)16(21)18-14-10-12(5-6-13(14)17)15-4-3-9-22-15/h3-6,9-11,20H,7-8H2,1-2H3,(H,18,21). The van der Waals surface area contributed by atoms with Crippen LogP contribution >= 0.6 is 0 Å². The first-order chi connectivity index (χ1) is 10.5. The van der Waals surface area contributed by atoms with E-state index in [9.17, 15) is 9.18 Å². The number of hydrogen-bond acceptors (Lipinski definition) is 3. The Bertz CT molecular complexity index is 626. The van der Waals surface area contributed by atoms with E-state index in [1.807, 2.05) is 13.8 Å². The summed E-state index contributed by atoms with van der Waals surface area (Å²) in [6.07, 6.45) is 1.53. The van der Waals surface area contributed by atoms with Gasteiger partial charge in [0.15, 0.2) is 0 Å². The predicted octanol–water partition coefficient (Wildman–Crippen LogP) is 3.32. The minimum Gasteiger partial charge on any atom is -0.464 e. The second kappa shape index (κ2) is 7.09. The SMILES string of the molecule is CC(C)N(CCO)C(=O)Nc1cc(-c2ccco2)ccc1F. The molecule has 1 aromatic heterocycles. The number of nitrogens with one attached hydrogen (secondary N) is 1. The molecule has 0 fully saturated rings. The zero-order valence-corrected chi connectivity index (χ0v) is 12.5. The summed E-state index contributed by atoms with van der Waals surface area (Å²) in [5.74, 6) is 0.0583. The normalized spacial score (nSPS) is 10.8. The maximum absolute atomic E-state index is 13.9. The maximum atomic E-state index is 13.9. The molecule has 2 N–H and O–H groups in total. The zero-order chi connectivity index (χ0) is 16.1. The van der Waals surface area contributed by atoms with Crippen LogP contribution in [0, 0.1) is 5.82 Å². The summed E-state index contributed by atoms with van der Waals surface area (Å²) in [6, 6.07) is 7.30. The molecular weight excluding hydrogens is 287 g/mol. The highest BCUT2D eigenvalue weighted by Crippen LogP contribution is 2.25. The van der Waals surface area contributed by atoms with Crippen molar-refractivity contribution < 1.29 is 18.7 Å². The summed E-state index contributed by atoms with van der Waals surface area (Å²) in [5.41, 5.74) is 0.738. The molecule has 1 aromatic carbocycles. The Hall–Kier alpha value is -2.34. The molecule has 0 aliphatic rings. The van der Waals surface area contributed by atoms with Gasteiger partial charge in [0.2, 0.25) is 0 Å². The van der Waals surface area contributed by atoms with Gasteiger partial charge in [0, 0.05) is 18.2 Å². The Morgan fingerprint density at radius 1 is 1.41 bits per heavy atom. The van der Waals surface area contributed by atoms with Gasteiger partial charge in [-0.25, -0.2) is 9.18 Å². The number of aliphatic hydroxyl groups is 1. The Balaban J connectivity index is 2.21. The molecule has 0 aliphatic carbocycles.